The summed E-state index contributed by atoms with van der Waals surface area (Å²) in [6, 6.07) is 4.90. The first kappa shape index (κ1) is 20.8. The van der Waals surface area contributed by atoms with Crippen molar-refractivity contribution in [1.82, 2.24) is 19.1 Å². The normalized spacial score (nSPS) is 16.2. The number of hydrogen-bond donors (Lipinski definition) is 1. The minimum atomic E-state index is -3.66. The van der Waals surface area contributed by atoms with Crippen LogP contribution >= 0.6 is 0 Å². The van der Waals surface area contributed by atoms with Crippen LogP contribution in [0.1, 0.15) is 44.0 Å². The number of carbonyl (C=O) groups is 1. The summed E-state index contributed by atoms with van der Waals surface area (Å²) in [6.07, 6.45) is 4.88. The predicted molar refractivity (Wildman–Crippen MR) is 112 cm³/mol. The lowest BCUT2D eigenvalue weighted by atomic mass is 10.0. The van der Waals surface area contributed by atoms with Crippen molar-refractivity contribution in [3.63, 3.8) is 0 Å². The Balaban J connectivity index is 1.39. The van der Waals surface area contributed by atoms with E-state index in [0.29, 0.717) is 26.1 Å². The van der Waals surface area contributed by atoms with Crippen molar-refractivity contribution >= 4 is 21.6 Å². The maximum absolute atomic E-state index is 12.7. The summed E-state index contributed by atoms with van der Waals surface area (Å²) in [5, 5.41) is 4.37. The number of fused-ring (bicyclic) bond motifs is 2. The molecule has 1 N–H and O–H groups in total. The second kappa shape index (κ2) is 8.35. The van der Waals surface area contributed by atoms with Crippen LogP contribution in [0.3, 0.4) is 0 Å². The van der Waals surface area contributed by atoms with E-state index in [1.165, 1.54) is 17.7 Å². The van der Waals surface area contributed by atoms with Crippen LogP contribution in [0.15, 0.2) is 27.9 Å². The molecule has 0 spiro atoms. The third-order valence-corrected chi connectivity index (χ3v) is 7.19. The Morgan fingerprint density at radius 2 is 2.00 bits per heavy atom. The number of aryl methyl sites for hydroxylation is 3. The van der Waals surface area contributed by atoms with Crippen molar-refractivity contribution < 1.29 is 13.2 Å². The van der Waals surface area contributed by atoms with Gasteiger partial charge < -0.3 is 4.90 Å². The van der Waals surface area contributed by atoms with Gasteiger partial charge in [0.25, 0.3) is 0 Å². The van der Waals surface area contributed by atoms with Gasteiger partial charge in [-0.1, -0.05) is 0 Å². The lowest BCUT2D eigenvalue weighted by Gasteiger charge is -2.28. The topological polar surface area (TPSA) is 106 Å². The van der Waals surface area contributed by atoms with Crippen LogP contribution in [0.25, 0.3) is 0 Å². The molecule has 2 aromatic rings. The first-order chi connectivity index (χ1) is 14.4. The molecular formula is C20H27N5O4S. The highest BCUT2D eigenvalue weighted by Crippen LogP contribution is 2.29. The zero-order chi connectivity index (χ0) is 21.3. The van der Waals surface area contributed by atoms with Crippen molar-refractivity contribution in [3.8, 4) is 0 Å². The second-order valence-corrected chi connectivity index (χ2v) is 9.61. The van der Waals surface area contributed by atoms with Gasteiger partial charge in [0.05, 0.1) is 4.90 Å². The lowest BCUT2D eigenvalue weighted by molar-refractivity contribution is -0.116. The zero-order valence-corrected chi connectivity index (χ0v) is 17.9. The lowest BCUT2D eigenvalue weighted by Crippen LogP contribution is -2.34. The molecule has 3 heterocycles. The fourth-order valence-electron chi connectivity index (χ4n) is 4.18. The fourth-order valence-corrected chi connectivity index (χ4v) is 5.30. The van der Waals surface area contributed by atoms with Crippen molar-refractivity contribution in [2.75, 3.05) is 18.0 Å². The molecule has 0 saturated carbocycles. The molecule has 2 aliphatic heterocycles. The number of hydrogen-bond acceptors (Lipinski definition) is 5. The zero-order valence-electron chi connectivity index (χ0n) is 17.1. The SMILES string of the molecule is CC(=O)N1CCCc2cc(S(=O)(=O)NCCCn3nc4n(c3=O)CCCC4)ccc21. The minimum absolute atomic E-state index is 0.0408. The first-order valence-corrected chi connectivity index (χ1v) is 11.9. The molecule has 1 amide bonds. The molecule has 0 fully saturated rings. The van der Waals surface area contributed by atoms with Gasteiger partial charge >= 0.3 is 5.69 Å². The Morgan fingerprint density at radius 3 is 2.77 bits per heavy atom. The van der Waals surface area contributed by atoms with Crippen molar-refractivity contribution in [2.24, 2.45) is 0 Å². The molecule has 0 saturated heterocycles. The van der Waals surface area contributed by atoms with E-state index in [0.717, 1.165) is 49.2 Å². The Labute approximate surface area is 175 Å². The Bertz CT molecular complexity index is 1120. The molecule has 0 bridgehead atoms. The van der Waals surface area contributed by atoms with Crippen LogP contribution in [0.5, 0.6) is 0 Å². The molecule has 10 heteroatoms. The molecule has 0 radical (unpaired) electrons. The maximum atomic E-state index is 12.7. The summed E-state index contributed by atoms with van der Waals surface area (Å²) in [7, 11) is -3.66. The number of rotatable bonds is 6. The van der Waals surface area contributed by atoms with E-state index in [1.807, 2.05) is 0 Å². The molecular weight excluding hydrogens is 406 g/mol. The van der Waals surface area contributed by atoms with Gasteiger partial charge in [0.2, 0.25) is 15.9 Å². The van der Waals surface area contributed by atoms with E-state index in [2.05, 4.69) is 9.82 Å². The van der Waals surface area contributed by atoms with Gasteiger partial charge in [0.15, 0.2) is 0 Å². The highest BCUT2D eigenvalue weighted by molar-refractivity contribution is 7.89. The molecule has 9 nitrogen and oxygen atoms in total. The van der Waals surface area contributed by atoms with Gasteiger partial charge in [-0.15, -0.1) is 0 Å². The van der Waals surface area contributed by atoms with Crippen LogP contribution in [-0.4, -0.2) is 41.8 Å². The first-order valence-electron chi connectivity index (χ1n) is 10.4. The predicted octanol–water partition coefficient (Wildman–Crippen LogP) is 1.05. The van der Waals surface area contributed by atoms with Crippen molar-refractivity contribution in [3.05, 3.63) is 40.1 Å². The highest BCUT2D eigenvalue weighted by atomic mass is 32.2. The average Bonchev–Trinajstić information content (AvgIpc) is 3.06. The molecule has 0 aliphatic carbocycles. The molecule has 1 aromatic heterocycles. The van der Waals surface area contributed by atoms with E-state index < -0.39 is 10.0 Å². The standard InChI is InChI=1S/C20H27N5O4S/c1-15(26)23-12-4-6-16-14-17(8-9-18(16)23)30(28,29)21-10-5-13-25-20(27)24-11-3-2-7-19(24)22-25/h8-9,14,21H,2-7,10-13H2,1H3. The van der Waals surface area contributed by atoms with E-state index in [9.17, 15) is 18.0 Å². The molecule has 30 heavy (non-hydrogen) atoms. The number of benzene rings is 1. The number of anilines is 1. The van der Waals surface area contributed by atoms with Gasteiger partial charge in [-0.05, 0) is 55.9 Å². The number of sulfonamides is 1. The smallest absolute Gasteiger partial charge is 0.312 e. The van der Waals surface area contributed by atoms with Crippen molar-refractivity contribution in [1.29, 1.82) is 0 Å². The Kier molecular flexibility index (Phi) is 5.79. The monoisotopic (exact) mass is 433 g/mol. The van der Waals surface area contributed by atoms with Gasteiger partial charge in [0, 0.05) is 45.2 Å². The summed E-state index contributed by atoms with van der Waals surface area (Å²) in [5.74, 6) is 0.779. The number of amides is 1. The number of carbonyl (C=O) groups excluding carboxylic acids is 1. The maximum Gasteiger partial charge on any atom is 0.345 e. The van der Waals surface area contributed by atoms with Crippen molar-refractivity contribution in [2.45, 2.75) is 63.4 Å². The van der Waals surface area contributed by atoms with E-state index in [-0.39, 0.29) is 23.0 Å². The fraction of sp³-hybridized carbons (Fsp3) is 0.550. The van der Waals surface area contributed by atoms with E-state index in [4.69, 9.17) is 0 Å². The van der Waals surface area contributed by atoms with Gasteiger partial charge in [-0.2, -0.15) is 5.10 Å². The molecule has 1 aromatic carbocycles. The van der Waals surface area contributed by atoms with Gasteiger partial charge in [-0.3, -0.25) is 9.36 Å². The summed E-state index contributed by atoms with van der Waals surface area (Å²) in [4.78, 5) is 26.0. The molecule has 2 aliphatic rings. The van der Waals surface area contributed by atoms with Crippen LogP contribution in [0.4, 0.5) is 5.69 Å². The molecule has 4 rings (SSSR count). The summed E-state index contributed by atoms with van der Waals surface area (Å²) in [5.41, 5.74) is 1.54. The highest BCUT2D eigenvalue weighted by Gasteiger charge is 2.23. The Hall–Kier alpha value is -2.46. The number of nitrogens with zero attached hydrogens (tertiary/aromatic N) is 4. The largest absolute Gasteiger partial charge is 0.345 e. The van der Waals surface area contributed by atoms with Crippen LogP contribution in [-0.2, 0) is 40.7 Å². The quantitative estimate of drug-likeness (QED) is 0.686. The number of aromatic nitrogens is 3. The minimum Gasteiger partial charge on any atom is -0.312 e. The summed E-state index contributed by atoms with van der Waals surface area (Å²) < 4.78 is 31.1. The third-order valence-electron chi connectivity index (χ3n) is 5.73. The van der Waals surface area contributed by atoms with E-state index >= 15 is 0 Å². The molecule has 0 atom stereocenters. The van der Waals surface area contributed by atoms with Crippen LogP contribution in [0.2, 0.25) is 0 Å². The summed E-state index contributed by atoms with van der Waals surface area (Å²) in [6.45, 7) is 3.47. The third kappa shape index (κ3) is 4.06. The van der Waals surface area contributed by atoms with Crippen LogP contribution < -0.4 is 15.3 Å². The average molecular weight is 434 g/mol. The number of nitrogens with one attached hydrogen (secondary N) is 1. The van der Waals surface area contributed by atoms with E-state index in [1.54, 1.807) is 21.6 Å². The van der Waals surface area contributed by atoms with Crippen LogP contribution in [0, 0.1) is 0 Å². The molecule has 162 valence electrons. The summed E-state index contributed by atoms with van der Waals surface area (Å²) >= 11 is 0. The molecule has 0 unspecified atom stereocenters. The Morgan fingerprint density at radius 1 is 1.17 bits per heavy atom. The van der Waals surface area contributed by atoms with Gasteiger partial charge in [0.1, 0.15) is 5.82 Å². The second-order valence-electron chi connectivity index (χ2n) is 7.85. The van der Waals surface area contributed by atoms with Gasteiger partial charge in [-0.25, -0.2) is 22.6 Å².